The number of amides is 1. The zero-order valence-corrected chi connectivity index (χ0v) is 12.7. The van der Waals surface area contributed by atoms with Crippen LogP contribution in [0.2, 0.25) is 0 Å². The van der Waals surface area contributed by atoms with Crippen LogP contribution >= 0.6 is 0 Å². The number of hydrogen-bond donors (Lipinski definition) is 2. The number of aliphatic hydroxyl groups is 2. The maximum absolute atomic E-state index is 12.4. The predicted molar refractivity (Wildman–Crippen MR) is 78.8 cm³/mol. The summed E-state index contributed by atoms with van der Waals surface area (Å²) in [6.45, 7) is 5.42. The Bertz CT molecular complexity index is 509. The van der Waals surface area contributed by atoms with E-state index in [-0.39, 0.29) is 6.61 Å². The molecular formula is C16H23NO4. The molecule has 5 heteroatoms. The Hall–Kier alpha value is -1.59. The molecule has 0 unspecified atom stereocenters. The molecule has 116 valence electrons. The largest absolute Gasteiger partial charge is 0.444 e. The van der Waals surface area contributed by atoms with E-state index in [1.54, 1.807) is 20.8 Å². The zero-order valence-electron chi connectivity index (χ0n) is 12.7. The average molecular weight is 293 g/mol. The molecule has 1 heterocycles. The summed E-state index contributed by atoms with van der Waals surface area (Å²) < 4.78 is 5.41. The van der Waals surface area contributed by atoms with Crippen LogP contribution < -0.4 is 0 Å². The maximum Gasteiger partial charge on any atom is 0.410 e. The van der Waals surface area contributed by atoms with Crippen LogP contribution in [0.4, 0.5) is 4.79 Å². The molecule has 2 atom stereocenters. The molecule has 1 amide bonds. The second-order valence-corrected chi connectivity index (χ2v) is 6.40. The van der Waals surface area contributed by atoms with E-state index in [0.717, 1.165) is 11.1 Å². The first-order valence-electron chi connectivity index (χ1n) is 7.17. The van der Waals surface area contributed by atoms with Gasteiger partial charge in [0.1, 0.15) is 5.60 Å². The summed E-state index contributed by atoms with van der Waals surface area (Å²) >= 11 is 0. The summed E-state index contributed by atoms with van der Waals surface area (Å²) in [5, 5.41) is 19.3. The van der Waals surface area contributed by atoms with Gasteiger partial charge in [-0.1, -0.05) is 24.3 Å². The molecular weight excluding hydrogens is 270 g/mol. The highest BCUT2D eigenvalue weighted by molar-refractivity contribution is 5.69. The fourth-order valence-corrected chi connectivity index (χ4v) is 2.53. The van der Waals surface area contributed by atoms with Crippen molar-refractivity contribution in [2.45, 2.75) is 51.5 Å². The van der Waals surface area contributed by atoms with Crippen molar-refractivity contribution in [3.05, 3.63) is 35.4 Å². The van der Waals surface area contributed by atoms with Gasteiger partial charge in [0.15, 0.2) is 0 Å². The van der Waals surface area contributed by atoms with Crippen molar-refractivity contribution < 1.29 is 19.7 Å². The first-order valence-corrected chi connectivity index (χ1v) is 7.17. The van der Waals surface area contributed by atoms with E-state index >= 15 is 0 Å². The van der Waals surface area contributed by atoms with Gasteiger partial charge in [-0.3, -0.25) is 4.90 Å². The molecule has 1 aromatic rings. The van der Waals surface area contributed by atoms with Gasteiger partial charge in [-0.15, -0.1) is 0 Å². The maximum atomic E-state index is 12.4. The van der Waals surface area contributed by atoms with Crippen molar-refractivity contribution in [1.82, 2.24) is 4.90 Å². The molecule has 0 bridgehead atoms. The van der Waals surface area contributed by atoms with E-state index in [1.165, 1.54) is 4.90 Å². The smallest absolute Gasteiger partial charge is 0.410 e. The highest BCUT2D eigenvalue weighted by atomic mass is 16.6. The third-order valence-electron chi connectivity index (χ3n) is 3.55. The molecule has 0 spiro atoms. The third kappa shape index (κ3) is 3.74. The lowest BCUT2D eigenvalue weighted by molar-refractivity contribution is -0.0243. The summed E-state index contributed by atoms with van der Waals surface area (Å²) in [5.74, 6) is 0. The van der Waals surface area contributed by atoms with Crippen molar-refractivity contribution in [2.75, 3.05) is 6.61 Å². The Balaban J connectivity index is 2.26. The number of carbonyl (C=O) groups is 1. The minimum atomic E-state index is -0.981. The zero-order chi connectivity index (χ0) is 15.6. The molecule has 2 N–H and O–H groups in total. The van der Waals surface area contributed by atoms with Crippen LogP contribution in [0.25, 0.3) is 0 Å². The summed E-state index contributed by atoms with van der Waals surface area (Å²) in [6.07, 6.45) is -0.933. The first kappa shape index (κ1) is 15.8. The van der Waals surface area contributed by atoms with Crippen LogP contribution in [0.3, 0.4) is 0 Å². The van der Waals surface area contributed by atoms with E-state index in [0.29, 0.717) is 13.0 Å². The molecule has 1 aromatic carbocycles. The number of rotatable bonds is 2. The number of hydrogen-bond acceptors (Lipinski definition) is 4. The molecule has 2 rings (SSSR count). The monoisotopic (exact) mass is 293 g/mol. The van der Waals surface area contributed by atoms with Gasteiger partial charge in [-0.2, -0.15) is 0 Å². The summed E-state index contributed by atoms with van der Waals surface area (Å²) in [5.41, 5.74) is 1.54. The molecule has 0 saturated heterocycles. The molecule has 0 aromatic heterocycles. The van der Waals surface area contributed by atoms with Crippen LogP contribution in [0.15, 0.2) is 24.3 Å². The van der Waals surface area contributed by atoms with Gasteiger partial charge in [-0.05, 0) is 38.3 Å². The molecule has 0 radical (unpaired) electrons. The topological polar surface area (TPSA) is 70.0 Å². The van der Waals surface area contributed by atoms with E-state index in [4.69, 9.17) is 4.74 Å². The number of benzene rings is 1. The minimum absolute atomic E-state index is 0.382. The predicted octanol–water partition coefficient (Wildman–Crippen LogP) is 1.70. The SMILES string of the molecule is CC(C)(C)OC(=O)N1Cc2ccccc2C[C@H]1[C@H](O)CO. The van der Waals surface area contributed by atoms with Crippen molar-refractivity contribution in [3.8, 4) is 0 Å². The molecule has 0 fully saturated rings. The highest BCUT2D eigenvalue weighted by Crippen LogP contribution is 2.26. The van der Waals surface area contributed by atoms with Gasteiger partial charge in [0.05, 0.1) is 18.8 Å². The van der Waals surface area contributed by atoms with Gasteiger partial charge in [0.2, 0.25) is 0 Å². The van der Waals surface area contributed by atoms with Crippen molar-refractivity contribution >= 4 is 6.09 Å². The number of aliphatic hydroxyl groups excluding tert-OH is 2. The van der Waals surface area contributed by atoms with Gasteiger partial charge in [0.25, 0.3) is 0 Å². The standard InChI is InChI=1S/C16H23NO4/c1-16(2,3)21-15(20)17-9-12-7-5-4-6-11(12)8-13(17)14(19)10-18/h4-7,13-14,18-19H,8-10H2,1-3H3/t13-,14+/m0/s1. The quantitative estimate of drug-likeness (QED) is 0.871. The molecule has 1 aliphatic rings. The van der Waals surface area contributed by atoms with Crippen LogP contribution in [-0.2, 0) is 17.7 Å². The van der Waals surface area contributed by atoms with E-state index < -0.39 is 23.8 Å². The van der Waals surface area contributed by atoms with Gasteiger partial charge in [-0.25, -0.2) is 4.79 Å². The number of nitrogens with zero attached hydrogens (tertiary/aromatic N) is 1. The first-order chi connectivity index (χ1) is 9.81. The molecule has 0 saturated carbocycles. The number of fused-ring (bicyclic) bond motifs is 1. The van der Waals surface area contributed by atoms with Crippen LogP contribution in [-0.4, -0.2) is 45.6 Å². The normalized spacial score (nSPS) is 19.9. The van der Waals surface area contributed by atoms with E-state index in [1.807, 2.05) is 24.3 Å². The Kier molecular flexibility index (Phi) is 4.54. The average Bonchev–Trinajstić information content (AvgIpc) is 2.43. The van der Waals surface area contributed by atoms with Crippen LogP contribution in [0, 0.1) is 0 Å². The Morgan fingerprint density at radius 1 is 1.38 bits per heavy atom. The highest BCUT2D eigenvalue weighted by Gasteiger charge is 2.36. The summed E-state index contributed by atoms with van der Waals surface area (Å²) in [6, 6.07) is 7.34. The summed E-state index contributed by atoms with van der Waals surface area (Å²) in [4.78, 5) is 13.9. The van der Waals surface area contributed by atoms with Crippen LogP contribution in [0.1, 0.15) is 31.9 Å². The lowest BCUT2D eigenvalue weighted by Crippen LogP contribution is -2.52. The molecule has 21 heavy (non-hydrogen) atoms. The van der Waals surface area contributed by atoms with Crippen molar-refractivity contribution in [3.63, 3.8) is 0 Å². The second-order valence-electron chi connectivity index (χ2n) is 6.40. The van der Waals surface area contributed by atoms with Gasteiger partial charge in [0, 0.05) is 6.54 Å². The Morgan fingerprint density at radius 3 is 2.57 bits per heavy atom. The lowest BCUT2D eigenvalue weighted by atomic mass is 9.91. The fourth-order valence-electron chi connectivity index (χ4n) is 2.53. The molecule has 0 aliphatic carbocycles. The van der Waals surface area contributed by atoms with Gasteiger partial charge >= 0.3 is 6.09 Å². The lowest BCUT2D eigenvalue weighted by Gasteiger charge is -2.39. The number of ether oxygens (including phenoxy) is 1. The molecule has 1 aliphatic heterocycles. The van der Waals surface area contributed by atoms with Crippen molar-refractivity contribution in [1.29, 1.82) is 0 Å². The third-order valence-corrected chi connectivity index (χ3v) is 3.55. The van der Waals surface area contributed by atoms with E-state index in [9.17, 15) is 15.0 Å². The van der Waals surface area contributed by atoms with Gasteiger partial charge < -0.3 is 14.9 Å². The molecule has 5 nitrogen and oxygen atoms in total. The summed E-state index contributed by atoms with van der Waals surface area (Å²) in [7, 11) is 0. The van der Waals surface area contributed by atoms with Crippen molar-refractivity contribution in [2.24, 2.45) is 0 Å². The second kappa shape index (κ2) is 6.03. The minimum Gasteiger partial charge on any atom is -0.444 e. The number of carbonyl (C=O) groups excluding carboxylic acids is 1. The fraction of sp³-hybridized carbons (Fsp3) is 0.562. The Labute approximate surface area is 125 Å². The van der Waals surface area contributed by atoms with Crippen LogP contribution in [0.5, 0.6) is 0 Å². The van der Waals surface area contributed by atoms with E-state index in [2.05, 4.69) is 0 Å². The Morgan fingerprint density at radius 2 is 2.00 bits per heavy atom.